The number of hydrogen-bond donors (Lipinski definition) is 0. The van der Waals surface area contributed by atoms with Gasteiger partial charge in [-0.3, -0.25) is 0 Å². The van der Waals surface area contributed by atoms with Gasteiger partial charge in [-0.05, 0) is 152 Å². The summed E-state index contributed by atoms with van der Waals surface area (Å²) >= 11 is 0. The maximum atomic E-state index is 10.2. The first-order chi connectivity index (χ1) is 42.9. The lowest BCUT2D eigenvalue weighted by Gasteiger charge is -2.34. The highest BCUT2D eigenvalue weighted by Gasteiger charge is 2.43. The molecule has 2 aromatic heterocycles. The van der Waals surface area contributed by atoms with Crippen molar-refractivity contribution < 1.29 is 0 Å². The van der Waals surface area contributed by atoms with E-state index in [0.29, 0.717) is 5.56 Å². The molecule has 412 valence electrons. The van der Waals surface area contributed by atoms with Crippen molar-refractivity contribution >= 4 is 118 Å². The molecule has 0 amide bonds. The Bertz CT molecular complexity index is 4530. The first-order valence-corrected chi connectivity index (χ1v) is 33.9. The summed E-state index contributed by atoms with van der Waals surface area (Å²) in [7, 11) is -5.85. The highest BCUT2D eigenvalue weighted by Crippen LogP contribution is 2.43. The number of rotatable bonds is 13. The quantitative estimate of drug-likeness (QED) is 0.0852. The van der Waals surface area contributed by atoms with Crippen LogP contribution in [0.4, 0.5) is 17.1 Å². The van der Waals surface area contributed by atoms with Crippen LogP contribution in [0.2, 0.25) is 0 Å². The van der Waals surface area contributed by atoms with Crippen LogP contribution in [0.1, 0.15) is 16.7 Å². The molecule has 15 rings (SSSR count). The zero-order chi connectivity index (χ0) is 58.5. The van der Waals surface area contributed by atoms with Gasteiger partial charge in [-0.2, -0.15) is 5.26 Å². The standard InChI is InChI=1S/C81H60N4Si2/c1-58-33-39-62(40-34-58)84-78-49-45-64(53-74(78)76-55-72(47-51-80(76)84)86(66-21-9-3-10-22-66,67-23-11-4-12-24-67)68-25-13-5-14-26-68)83(61-43-37-60(57-82)38-44-61)65-46-50-79-75(54-65)77-56-73(48-52-81(77)85(79)63-41-35-59(2)36-42-63)87(69-27-15-6-16-28-69,70-29-17-7-18-30-70)71-31-19-8-20-32-71/h3-56H,1-2H3. The molecule has 0 unspecified atom stereocenters. The second kappa shape index (κ2) is 22.0. The number of nitrogens with zero attached hydrogens (tertiary/aromatic N) is 4. The largest absolute Gasteiger partial charge is 0.310 e. The van der Waals surface area contributed by atoms with Gasteiger partial charge in [-0.1, -0.05) is 242 Å². The molecule has 0 saturated carbocycles. The van der Waals surface area contributed by atoms with Gasteiger partial charge >= 0.3 is 0 Å². The normalized spacial score (nSPS) is 11.8. The Balaban J connectivity index is 1.00. The van der Waals surface area contributed by atoms with Crippen molar-refractivity contribution in [2.45, 2.75) is 13.8 Å². The molecule has 0 spiro atoms. The van der Waals surface area contributed by atoms with E-state index in [2.05, 4.69) is 349 Å². The van der Waals surface area contributed by atoms with Gasteiger partial charge in [-0.15, -0.1) is 0 Å². The monoisotopic (exact) mass is 1140 g/mol. The van der Waals surface area contributed by atoms with Crippen molar-refractivity contribution in [3.8, 4) is 17.4 Å². The Labute approximate surface area is 510 Å². The topological polar surface area (TPSA) is 36.9 Å². The molecule has 87 heavy (non-hydrogen) atoms. The van der Waals surface area contributed by atoms with E-state index in [9.17, 15) is 5.26 Å². The lowest BCUT2D eigenvalue weighted by molar-refractivity contribution is 1.17. The molecule has 0 aliphatic heterocycles. The summed E-state index contributed by atoms with van der Waals surface area (Å²) in [5, 5.41) is 25.4. The van der Waals surface area contributed by atoms with Crippen LogP contribution in [0.15, 0.2) is 328 Å². The van der Waals surface area contributed by atoms with Crippen LogP contribution in [-0.4, -0.2) is 25.3 Å². The molecule has 0 fully saturated rings. The van der Waals surface area contributed by atoms with Gasteiger partial charge in [0.15, 0.2) is 16.1 Å². The van der Waals surface area contributed by atoms with Crippen molar-refractivity contribution in [1.82, 2.24) is 9.13 Å². The van der Waals surface area contributed by atoms with Crippen molar-refractivity contribution in [3.63, 3.8) is 0 Å². The predicted molar refractivity (Wildman–Crippen MR) is 371 cm³/mol. The molecule has 0 radical (unpaired) electrons. The number of anilines is 3. The Morgan fingerprint density at radius 2 is 0.552 bits per heavy atom. The number of fused-ring (bicyclic) bond motifs is 6. The lowest BCUT2D eigenvalue weighted by atomic mass is 10.1. The number of aromatic nitrogens is 2. The van der Waals surface area contributed by atoms with Crippen molar-refractivity contribution in [2.75, 3.05) is 4.90 Å². The maximum Gasteiger partial charge on any atom is 0.179 e. The van der Waals surface area contributed by atoms with Crippen LogP contribution in [0.25, 0.3) is 55.0 Å². The van der Waals surface area contributed by atoms with Gasteiger partial charge in [0, 0.05) is 50.0 Å². The van der Waals surface area contributed by atoms with Gasteiger partial charge in [0.1, 0.15) is 0 Å². The first-order valence-electron chi connectivity index (χ1n) is 29.9. The van der Waals surface area contributed by atoms with Crippen LogP contribution in [0.3, 0.4) is 0 Å². The molecular formula is C81H60N4Si2. The fourth-order valence-corrected chi connectivity index (χ4v) is 23.5. The lowest BCUT2D eigenvalue weighted by Crippen LogP contribution is -2.74. The van der Waals surface area contributed by atoms with E-state index in [-0.39, 0.29) is 0 Å². The summed E-state index contributed by atoms with van der Waals surface area (Å²) in [6.07, 6.45) is 0. The molecule has 15 aromatic rings. The van der Waals surface area contributed by atoms with Gasteiger partial charge in [0.05, 0.1) is 33.7 Å². The second-order valence-corrected chi connectivity index (χ2v) is 30.5. The average Bonchev–Trinajstić information content (AvgIpc) is 1.78. The highest BCUT2D eigenvalue weighted by atomic mass is 28.3. The van der Waals surface area contributed by atoms with Crippen LogP contribution >= 0.6 is 0 Å². The van der Waals surface area contributed by atoms with Crippen LogP contribution in [0.5, 0.6) is 0 Å². The van der Waals surface area contributed by atoms with E-state index in [1.807, 2.05) is 12.1 Å². The maximum absolute atomic E-state index is 10.2. The molecular weight excluding hydrogens is 1090 g/mol. The number of aryl methyl sites for hydroxylation is 2. The molecule has 4 nitrogen and oxygen atoms in total. The minimum Gasteiger partial charge on any atom is -0.310 e. The molecule has 0 N–H and O–H groups in total. The molecule has 0 aliphatic rings. The molecule has 2 heterocycles. The minimum atomic E-state index is -2.93. The van der Waals surface area contributed by atoms with Gasteiger partial charge in [-0.25, -0.2) is 0 Å². The molecule has 0 saturated heterocycles. The van der Waals surface area contributed by atoms with Crippen LogP contribution in [0, 0.1) is 25.2 Å². The first kappa shape index (κ1) is 52.9. The second-order valence-electron chi connectivity index (χ2n) is 22.9. The zero-order valence-electron chi connectivity index (χ0n) is 48.5. The number of benzene rings is 13. The third kappa shape index (κ3) is 8.86. The van der Waals surface area contributed by atoms with E-state index in [1.165, 1.54) is 63.4 Å². The van der Waals surface area contributed by atoms with Gasteiger partial charge in [0.2, 0.25) is 0 Å². The van der Waals surface area contributed by atoms with E-state index >= 15 is 0 Å². The van der Waals surface area contributed by atoms with E-state index < -0.39 is 16.1 Å². The van der Waals surface area contributed by atoms with E-state index in [4.69, 9.17) is 0 Å². The summed E-state index contributed by atoms with van der Waals surface area (Å²) in [5.41, 5.74) is 12.7. The fourth-order valence-electron chi connectivity index (χ4n) is 14.0. The van der Waals surface area contributed by atoms with Crippen molar-refractivity contribution in [1.29, 1.82) is 5.26 Å². The number of nitriles is 1. The fraction of sp³-hybridized carbons (Fsp3) is 0.0247. The Morgan fingerprint density at radius 3 is 0.851 bits per heavy atom. The SMILES string of the molecule is Cc1ccc(-n2c3ccc(N(c4ccc(C#N)cc4)c4ccc5c(c4)c4cc([Si](c6ccccc6)(c6ccccc6)c6ccccc6)ccc4n5-c4ccc(C)cc4)cc3c3cc([Si](c4ccccc4)(c4ccccc4)c4ccccc4)ccc32)cc1. The summed E-state index contributed by atoms with van der Waals surface area (Å²) in [5.74, 6) is 0. The Kier molecular flexibility index (Phi) is 13.4. The smallest absolute Gasteiger partial charge is 0.179 e. The summed E-state index contributed by atoms with van der Waals surface area (Å²) in [6, 6.07) is 124. The molecule has 6 heteroatoms. The predicted octanol–water partition coefficient (Wildman–Crippen LogP) is 14.6. The third-order valence-corrected chi connectivity index (χ3v) is 27.5. The van der Waals surface area contributed by atoms with Gasteiger partial charge < -0.3 is 14.0 Å². The Hall–Kier alpha value is -10.8. The highest BCUT2D eigenvalue weighted by molar-refractivity contribution is 7.20. The average molecular weight is 1150 g/mol. The minimum absolute atomic E-state index is 0.609. The van der Waals surface area contributed by atoms with Crippen molar-refractivity contribution in [3.05, 3.63) is 344 Å². The van der Waals surface area contributed by atoms with Crippen LogP contribution in [-0.2, 0) is 0 Å². The zero-order valence-corrected chi connectivity index (χ0v) is 50.5. The summed E-state index contributed by atoms with van der Waals surface area (Å²) in [4.78, 5) is 2.38. The molecule has 0 aliphatic carbocycles. The van der Waals surface area contributed by atoms with Crippen molar-refractivity contribution in [2.24, 2.45) is 0 Å². The molecule has 0 bridgehead atoms. The van der Waals surface area contributed by atoms with Gasteiger partial charge in [0.25, 0.3) is 0 Å². The van der Waals surface area contributed by atoms with E-state index in [0.717, 1.165) is 61.3 Å². The number of hydrogen-bond acceptors (Lipinski definition) is 2. The third-order valence-electron chi connectivity index (χ3n) is 18.0. The summed E-state index contributed by atoms with van der Waals surface area (Å²) < 4.78 is 4.88. The van der Waals surface area contributed by atoms with Crippen LogP contribution < -0.4 is 46.4 Å². The van der Waals surface area contributed by atoms with E-state index in [1.54, 1.807) is 0 Å². The Morgan fingerprint density at radius 1 is 0.276 bits per heavy atom. The molecule has 13 aromatic carbocycles. The summed E-state index contributed by atoms with van der Waals surface area (Å²) in [6.45, 7) is 4.30. The molecule has 0 atom stereocenters.